The molecule has 1 aromatic heterocycles. The molecule has 0 atom stereocenters. The van der Waals surface area contributed by atoms with Gasteiger partial charge < -0.3 is 10.2 Å². The minimum atomic E-state index is -0.255. The van der Waals surface area contributed by atoms with Gasteiger partial charge in [0.15, 0.2) is 0 Å². The van der Waals surface area contributed by atoms with Crippen molar-refractivity contribution in [2.45, 2.75) is 33.4 Å². The highest BCUT2D eigenvalue weighted by atomic mass is 16.2. The first kappa shape index (κ1) is 17.8. The zero-order valence-electron chi connectivity index (χ0n) is 14.6. The van der Waals surface area contributed by atoms with E-state index in [-0.39, 0.29) is 36.6 Å². The Balaban J connectivity index is 2.21. The number of para-hydroxylation sites is 2. The second-order valence-electron chi connectivity index (χ2n) is 6.05. The Hall–Kier alpha value is -2.57. The van der Waals surface area contributed by atoms with E-state index in [4.69, 9.17) is 0 Å². The van der Waals surface area contributed by atoms with Gasteiger partial charge in [-0.2, -0.15) is 0 Å². The first-order valence-corrected chi connectivity index (χ1v) is 8.06. The number of nitrogens with zero attached hydrogens (tertiary/aromatic N) is 3. The van der Waals surface area contributed by atoms with Crippen molar-refractivity contribution in [3.8, 4) is 0 Å². The minimum absolute atomic E-state index is 0.00691. The zero-order valence-corrected chi connectivity index (χ0v) is 14.6. The molecule has 2 aromatic rings. The number of amides is 2. The number of aromatic nitrogens is 2. The molecule has 0 fully saturated rings. The second-order valence-corrected chi connectivity index (χ2v) is 6.05. The summed E-state index contributed by atoms with van der Waals surface area (Å²) in [7, 11) is 1.68. The predicted octanol–water partition coefficient (Wildman–Crippen LogP) is 0.713. The molecule has 0 aliphatic carbocycles. The summed E-state index contributed by atoms with van der Waals surface area (Å²) in [6, 6.07) is 7.35. The van der Waals surface area contributed by atoms with E-state index in [0.717, 1.165) is 5.52 Å². The smallest absolute Gasteiger partial charge is 0.329 e. The molecule has 1 heterocycles. The second kappa shape index (κ2) is 7.33. The van der Waals surface area contributed by atoms with Gasteiger partial charge in [0.05, 0.1) is 17.6 Å². The summed E-state index contributed by atoms with van der Waals surface area (Å²) in [6.07, 6.45) is 0. The van der Waals surface area contributed by atoms with Gasteiger partial charge in [-0.05, 0) is 32.9 Å². The molecule has 0 bridgehead atoms. The highest BCUT2D eigenvalue weighted by Crippen LogP contribution is 2.11. The molecule has 1 aromatic carbocycles. The van der Waals surface area contributed by atoms with Crippen LogP contribution in [0.5, 0.6) is 0 Å². The van der Waals surface area contributed by atoms with Gasteiger partial charge in [-0.15, -0.1) is 0 Å². The number of imidazole rings is 1. The van der Waals surface area contributed by atoms with E-state index in [9.17, 15) is 14.4 Å². The summed E-state index contributed by atoms with van der Waals surface area (Å²) in [5.41, 5.74) is 1.24. The highest BCUT2D eigenvalue weighted by molar-refractivity contribution is 5.86. The number of benzene rings is 1. The molecule has 7 nitrogen and oxygen atoms in total. The third-order valence-electron chi connectivity index (χ3n) is 3.86. The molecule has 130 valence electrons. The van der Waals surface area contributed by atoms with Crippen LogP contribution in [0.1, 0.15) is 20.8 Å². The van der Waals surface area contributed by atoms with Gasteiger partial charge in [0, 0.05) is 19.6 Å². The van der Waals surface area contributed by atoms with Crippen LogP contribution in [-0.2, 0) is 23.2 Å². The number of hydrogen-bond donors (Lipinski definition) is 1. The van der Waals surface area contributed by atoms with Crippen molar-refractivity contribution in [3.05, 3.63) is 34.7 Å². The van der Waals surface area contributed by atoms with Crippen molar-refractivity contribution in [2.24, 2.45) is 7.05 Å². The van der Waals surface area contributed by atoms with Crippen molar-refractivity contribution in [1.82, 2.24) is 19.4 Å². The Kier molecular flexibility index (Phi) is 5.43. The van der Waals surface area contributed by atoms with Gasteiger partial charge >= 0.3 is 5.69 Å². The van der Waals surface area contributed by atoms with Crippen LogP contribution >= 0.6 is 0 Å². The largest absolute Gasteiger partial charge is 0.352 e. The van der Waals surface area contributed by atoms with Gasteiger partial charge in [-0.1, -0.05) is 12.1 Å². The van der Waals surface area contributed by atoms with E-state index >= 15 is 0 Å². The number of likely N-dealkylation sites (N-methyl/N-ethyl adjacent to an activating group) is 1. The Morgan fingerprint density at radius 2 is 1.83 bits per heavy atom. The molecule has 0 unspecified atom stereocenters. The summed E-state index contributed by atoms with van der Waals surface area (Å²) in [4.78, 5) is 38.3. The van der Waals surface area contributed by atoms with Gasteiger partial charge in [0.1, 0.15) is 6.54 Å². The summed E-state index contributed by atoms with van der Waals surface area (Å²) < 4.78 is 2.96. The highest BCUT2D eigenvalue weighted by Gasteiger charge is 2.19. The van der Waals surface area contributed by atoms with E-state index in [1.807, 2.05) is 45.0 Å². The molecule has 0 radical (unpaired) electrons. The van der Waals surface area contributed by atoms with E-state index < -0.39 is 0 Å². The Morgan fingerprint density at radius 3 is 2.42 bits per heavy atom. The lowest BCUT2D eigenvalue weighted by molar-refractivity contribution is -0.136. The van der Waals surface area contributed by atoms with Crippen molar-refractivity contribution in [2.75, 3.05) is 13.1 Å². The summed E-state index contributed by atoms with van der Waals surface area (Å²) in [5.74, 6) is -0.458. The van der Waals surface area contributed by atoms with Crippen LogP contribution in [0.2, 0.25) is 0 Å². The average Bonchev–Trinajstić information content (AvgIpc) is 2.77. The SMILES string of the molecule is CCN(CC(=O)NC(C)C)C(=O)Cn1c(=O)n(C)c2ccccc21. The normalized spacial score (nSPS) is 11.0. The average molecular weight is 332 g/mol. The molecule has 0 spiro atoms. The van der Waals surface area contributed by atoms with Crippen LogP contribution in [0.15, 0.2) is 29.1 Å². The molecule has 2 amide bonds. The molecule has 0 saturated heterocycles. The fourth-order valence-electron chi connectivity index (χ4n) is 2.67. The molecule has 2 rings (SSSR count). The van der Waals surface area contributed by atoms with Gasteiger partial charge in [0.25, 0.3) is 0 Å². The maximum absolute atomic E-state index is 12.5. The number of nitrogens with one attached hydrogen (secondary N) is 1. The Bertz CT molecular complexity index is 804. The Morgan fingerprint density at radius 1 is 1.21 bits per heavy atom. The van der Waals surface area contributed by atoms with Crippen molar-refractivity contribution >= 4 is 22.8 Å². The van der Waals surface area contributed by atoms with Gasteiger partial charge in [0.2, 0.25) is 11.8 Å². The first-order valence-electron chi connectivity index (χ1n) is 8.06. The minimum Gasteiger partial charge on any atom is -0.352 e. The monoisotopic (exact) mass is 332 g/mol. The molecular formula is C17H24N4O3. The van der Waals surface area contributed by atoms with E-state index in [1.165, 1.54) is 14.0 Å². The van der Waals surface area contributed by atoms with Crippen LogP contribution in [0.25, 0.3) is 11.0 Å². The number of fused-ring (bicyclic) bond motifs is 1. The number of aryl methyl sites for hydroxylation is 1. The number of rotatable bonds is 6. The van der Waals surface area contributed by atoms with Crippen LogP contribution in [-0.4, -0.2) is 45.0 Å². The maximum Gasteiger partial charge on any atom is 0.329 e. The van der Waals surface area contributed by atoms with E-state index in [2.05, 4.69) is 5.32 Å². The lowest BCUT2D eigenvalue weighted by Crippen LogP contribution is -2.44. The van der Waals surface area contributed by atoms with Gasteiger partial charge in [-0.3, -0.25) is 18.7 Å². The summed E-state index contributed by atoms with van der Waals surface area (Å²) in [5, 5.41) is 2.77. The predicted molar refractivity (Wildman–Crippen MR) is 92.7 cm³/mol. The van der Waals surface area contributed by atoms with E-state index in [1.54, 1.807) is 7.05 Å². The molecule has 24 heavy (non-hydrogen) atoms. The molecular weight excluding hydrogens is 308 g/mol. The first-order chi connectivity index (χ1) is 11.3. The standard InChI is InChI=1S/C17H24N4O3/c1-5-20(10-15(22)18-12(2)3)16(23)11-21-14-9-7-6-8-13(14)19(4)17(21)24/h6-9,12H,5,10-11H2,1-4H3,(H,18,22). The summed E-state index contributed by atoms with van der Waals surface area (Å²) >= 11 is 0. The maximum atomic E-state index is 12.5. The Labute approximate surface area is 140 Å². The molecule has 0 aliphatic rings. The third-order valence-corrected chi connectivity index (χ3v) is 3.86. The molecule has 0 aliphatic heterocycles. The van der Waals surface area contributed by atoms with Crippen molar-refractivity contribution < 1.29 is 9.59 Å². The van der Waals surface area contributed by atoms with E-state index in [0.29, 0.717) is 12.1 Å². The lowest BCUT2D eigenvalue weighted by Gasteiger charge is -2.21. The fraction of sp³-hybridized carbons (Fsp3) is 0.471. The summed E-state index contributed by atoms with van der Waals surface area (Å²) in [6.45, 7) is 5.86. The van der Waals surface area contributed by atoms with Gasteiger partial charge in [-0.25, -0.2) is 4.79 Å². The van der Waals surface area contributed by atoms with Crippen molar-refractivity contribution in [1.29, 1.82) is 0 Å². The van der Waals surface area contributed by atoms with Crippen molar-refractivity contribution in [3.63, 3.8) is 0 Å². The third kappa shape index (κ3) is 3.67. The topological polar surface area (TPSA) is 76.3 Å². The van der Waals surface area contributed by atoms with Crippen LogP contribution in [0, 0.1) is 0 Å². The van der Waals surface area contributed by atoms with Crippen LogP contribution in [0.3, 0.4) is 0 Å². The van der Waals surface area contributed by atoms with Crippen LogP contribution < -0.4 is 11.0 Å². The molecule has 7 heteroatoms. The molecule has 1 N–H and O–H groups in total. The number of carbonyl (C=O) groups is 2. The quantitative estimate of drug-likeness (QED) is 0.846. The number of hydrogen-bond acceptors (Lipinski definition) is 3. The molecule has 0 saturated carbocycles. The lowest BCUT2D eigenvalue weighted by atomic mass is 10.3. The fourth-order valence-corrected chi connectivity index (χ4v) is 2.67. The number of carbonyl (C=O) groups excluding carboxylic acids is 2. The van der Waals surface area contributed by atoms with Crippen LogP contribution in [0.4, 0.5) is 0 Å². The zero-order chi connectivity index (χ0) is 17.9.